The second-order valence-corrected chi connectivity index (χ2v) is 8.21. The molecular weight excluding hydrogens is 314 g/mol. The molecule has 3 nitrogen and oxygen atoms in total. The van der Waals surface area contributed by atoms with Crippen molar-refractivity contribution >= 4 is 28.5 Å². The van der Waals surface area contributed by atoms with Gasteiger partial charge in [0, 0.05) is 23.4 Å². The second-order valence-electron chi connectivity index (χ2n) is 7.33. The highest BCUT2D eigenvalue weighted by Crippen LogP contribution is 2.37. The van der Waals surface area contributed by atoms with Crippen LogP contribution in [0.5, 0.6) is 0 Å². The molecule has 0 radical (unpaired) electrons. The van der Waals surface area contributed by atoms with Gasteiger partial charge in [-0.2, -0.15) is 0 Å². The summed E-state index contributed by atoms with van der Waals surface area (Å²) in [5.74, 6) is 2.95. The zero-order valence-corrected chi connectivity index (χ0v) is 15.4. The van der Waals surface area contributed by atoms with Crippen molar-refractivity contribution in [3.63, 3.8) is 0 Å². The Morgan fingerprint density at radius 1 is 1.00 bits per heavy atom. The summed E-state index contributed by atoms with van der Waals surface area (Å²) in [6.07, 6.45) is 13.8. The largest absolute Gasteiger partial charge is 0.356 e. The van der Waals surface area contributed by atoms with Gasteiger partial charge in [0.25, 0.3) is 0 Å². The van der Waals surface area contributed by atoms with Crippen LogP contribution in [-0.2, 0) is 0 Å². The third-order valence-electron chi connectivity index (χ3n) is 5.90. The monoisotopic (exact) mass is 341 g/mol. The number of hydrogen-bond donors (Lipinski definition) is 0. The van der Waals surface area contributed by atoms with Gasteiger partial charge in [0.1, 0.15) is 12.1 Å². The Balaban J connectivity index is 1.61. The number of hydrogen-bond acceptors (Lipinski definition) is 4. The minimum atomic E-state index is 0.854. The van der Waals surface area contributed by atoms with Gasteiger partial charge >= 0.3 is 0 Å². The molecule has 2 fully saturated rings. The average Bonchev–Trinajstić information content (AvgIpc) is 2.68. The third-order valence-corrected chi connectivity index (χ3v) is 6.62. The van der Waals surface area contributed by atoms with Crippen molar-refractivity contribution < 1.29 is 0 Å². The van der Waals surface area contributed by atoms with E-state index in [9.17, 15) is 0 Å². The molecule has 1 saturated heterocycles. The SMILES string of the molecule is CSc1ccc2ncnc(N3CCCC(C4CCCCC4)C3)c2c1. The predicted octanol–water partition coefficient (Wildman–Crippen LogP) is 5.15. The Morgan fingerprint density at radius 2 is 1.83 bits per heavy atom. The summed E-state index contributed by atoms with van der Waals surface area (Å²) in [6.45, 7) is 2.32. The molecule has 2 aromatic rings. The molecule has 0 amide bonds. The minimum Gasteiger partial charge on any atom is -0.356 e. The highest BCUT2D eigenvalue weighted by molar-refractivity contribution is 7.98. The van der Waals surface area contributed by atoms with Crippen LogP contribution in [0.3, 0.4) is 0 Å². The van der Waals surface area contributed by atoms with Gasteiger partial charge in [0.05, 0.1) is 5.52 Å². The standard InChI is InChI=1S/C20H27N3S/c1-24-17-9-10-19-18(12-17)20(22-14-21-19)23-11-5-8-16(13-23)15-6-3-2-4-7-15/h9-10,12,14-16H,2-8,11,13H2,1H3. The molecule has 4 heteroatoms. The number of fused-ring (bicyclic) bond motifs is 1. The summed E-state index contributed by atoms with van der Waals surface area (Å²) >= 11 is 1.79. The summed E-state index contributed by atoms with van der Waals surface area (Å²) in [6, 6.07) is 6.55. The number of benzene rings is 1. The fourth-order valence-electron chi connectivity index (χ4n) is 4.59. The first-order chi connectivity index (χ1) is 11.8. The first-order valence-corrected chi connectivity index (χ1v) is 10.6. The maximum absolute atomic E-state index is 4.69. The first-order valence-electron chi connectivity index (χ1n) is 9.39. The molecule has 1 atom stereocenters. The van der Waals surface area contributed by atoms with E-state index in [0.29, 0.717) is 0 Å². The Morgan fingerprint density at radius 3 is 2.67 bits per heavy atom. The van der Waals surface area contributed by atoms with Crippen LogP contribution in [0.15, 0.2) is 29.4 Å². The van der Waals surface area contributed by atoms with Crippen LogP contribution in [0.1, 0.15) is 44.9 Å². The van der Waals surface area contributed by atoms with Crippen molar-refractivity contribution in [3.05, 3.63) is 24.5 Å². The van der Waals surface area contributed by atoms with Gasteiger partial charge in [-0.1, -0.05) is 32.1 Å². The van der Waals surface area contributed by atoms with E-state index >= 15 is 0 Å². The summed E-state index contributed by atoms with van der Waals surface area (Å²) in [7, 11) is 0. The van der Waals surface area contributed by atoms with E-state index in [1.807, 2.05) is 0 Å². The Bertz CT molecular complexity index is 696. The van der Waals surface area contributed by atoms with Crippen molar-refractivity contribution in [2.45, 2.75) is 49.8 Å². The van der Waals surface area contributed by atoms with Gasteiger partial charge in [-0.3, -0.25) is 0 Å². The number of rotatable bonds is 3. The zero-order valence-electron chi connectivity index (χ0n) is 14.6. The lowest BCUT2D eigenvalue weighted by atomic mass is 9.76. The van der Waals surface area contributed by atoms with Crippen LogP contribution in [0.4, 0.5) is 5.82 Å². The summed E-state index contributed by atoms with van der Waals surface area (Å²) in [4.78, 5) is 13.0. The van der Waals surface area contributed by atoms with Crippen molar-refractivity contribution in [2.24, 2.45) is 11.8 Å². The maximum atomic E-state index is 4.69. The van der Waals surface area contributed by atoms with E-state index in [1.165, 1.54) is 61.8 Å². The molecule has 1 aliphatic carbocycles. The van der Waals surface area contributed by atoms with Gasteiger partial charge in [-0.05, 0) is 49.1 Å². The van der Waals surface area contributed by atoms with E-state index in [-0.39, 0.29) is 0 Å². The molecule has 1 saturated carbocycles. The molecule has 24 heavy (non-hydrogen) atoms. The predicted molar refractivity (Wildman–Crippen MR) is 103 cm³/mol. The molecule has 128 valence electrons. The number of thioether (sulfide) groups is 1. The number of aromatic nitrogens is 2. The maximum Gasteiger partial charge on any atom is 0.139 e. The van der Waals surface area contributed by atoms with Crippen molar-refractivity contribution in [3.8, 4) is 0 Å². The Kier molecular flexibility index (Phi) is 4.93. The molecule has 0 bridgehead atoms. The lowest BCUT2D eigenvalue weighted by molar-refractivity contribution is 0.220. The van der Waals surface area contributed by atoms with E-state index in [2.05, 4.69) is 34.3 Å². The van der Waals surface area contributed by atoms with Crippen LogP contribution in [0.2, 0.25) is 0 Å². The van der Waals surface area contributed by atoms with E-state index in [1.54, 1.807) is 18.1 Å². The van der Waals surface area contributed by atoms with Crippen molar-refractivity contribution in [2.75, 3.05) is 24.2 Å². The number of piperidine rings is 1. The molecule has 0 N–H and O–H groups in total. The van der Waals surface area contributed by atoms with Gasteiger partial charge in [-0.15, -0.1) is 11.8 Å². The van der Waals surface area contributed by atoms with E-state index in [0.717, 1.165) is 29.7 Å². The van der Waals surface area contributed by atoms with E-state index in [4.69, 9.17) is 4.98 Å². The zero-order chi connectivity index (χ0) is 16.4. The quantitative estimate of drug-likeness (QED) is 0.722. The molecule has 2 aliphatic rings. The van der Waals surface area contributed by atoms with Crippen molar-refractivity contribution in [1.29, 1.82) is 0 Å². The lowest BCUT2D eigenvalue weighted by Crippen LogP contribution is -2.39. The molecule has 1 aliphatic heterocycles. The summed E-state index contributed by atoms with van der Waals surface area (Å²) in [5, 5.41) is 1.22. The first kappa shape index (κ1) is 16.2. The van der Waals surface area contributed by atoms with Crippen LogP contribution >= 0.6 is 11.8 Å². The minimum absolute atomic E-state index is 0.854. The van der Waals surface area contributed by atoms with Gasteiger partial charge in [0.15, 0.2) is 0 Å². The average molecular weight is 342 g/mol. The Labute approximate surface area is 149 Å². The van der Waals surface area contributed by atoms with Crippen LogP contribution in [0, 0.1) is 11.8 Å². The highest BCUT2D eigenvalue weighted by atomic mass is 32.2. The van der Waals surface area contributed by atoms with Gasteiger partial charge < -0.3 is 4.90 Å². The lowest BCUT2D eigenvalue weighted by Gasteiger charge is -2.39. The summed E-state index contributed by atoms with van der Waals surface area (Å²) in [5.41, 5.74) is 1.07. The molecule has 0 spiro atoms. The van der Waals surface area contributed by atoms with Crippen LogP contribution < -0.4 is 4.90 Å². The Hall–Kier alpha value is -1.29. The third kappa shape index (κ3) is 3.26. The summed E-state index contributed by atoms with van der Waals surface area (Å²) < 4.78 is 0. The molecule has 4 rings (SSSR count). The van der Waals surface area contributed by atoms with Crippen molar-refractivity contribution in [1.82, 2.24) is 9.97 Å². The normalized spacial score (nSPS) is 22.9. The fraction of sp³-hybridized carbons (Fsp3) is 0.600. The number of nitrogens with zero attached hydrogens (tertiary/aromatic N) is 3. The molecule has 1 unspecified atom stereocenters. The van der Waals surface area contributed by atoms with Gasteiger partial charge in [0.2, 0.25) is 0 Å². The van der Waals surface area contributed by atoms with Crippen LogP contribution in [-0.4, -0.2) is 29.3 Å². The van der Waals surface area contributed by atoms with E-state index < -0.39 is 0 Å². The molecule has 1 aromatic carbocycles. The highest BCUT2D eigenvalue weighted by Gasteiger charge is 2.29. The molecule has 2 heterocycles. The van der Waals surface area contributed by atoms with Crippen LogP contribution in [0.25, 0.3) is 10.9 Å². The fourth-order valence-corrected chi connectivity index (χ4v) is 5.03. The number of anilines is 1. The van der Waals surface area contributed by atoms with Gasteiger partial charge in [-0.25, -0.2) is 9.97 Å². The molecule has 1 aromatic heterocycles. The topological polar surface area (TPSA) is 29.0 Å². The molecular formula is C20H27N3S. The smallest absolute Gasteiger partial charge is 0.139 e. The second kappa shape index (κ2) is 7.30.